The summed E-state index contributed by atoms with van der Waals surface area (Å²) in [6.45, 7) is 10.2. The average Bonchev–Trinajstić information content (AvgIpc) is 2.81. The van der Waals surface area contributed by atoms with Crippen molar-refractivity contribution in [2.24, 2.45) is 5.92 Å². The van der Waals surface area contributed by atoms with Gasteiger partial charge >= 0.3 is 0 Å². The number of carbonyl (C=O) groups excluding carboxylic acids is 1. The van der Waals surface area contributed by atoms with Gasteiger partial charge in [-0.15, -0.1) is 24.8 Å². The van der Waals surface area contributed by atoms with Gasteiger partial charge in [0.2, 0.25) is 5.91 Å². The summed E-state index contributed by atoms with van der Waals surface area (Å²) >= 11 is 0. The standard InChI is InChI=1S/C12H23N3O.2ClH/c1-10(2)14-5-7-15(8-6-14)12(16)11-3-4-13-9-11;;/h10-11,13H,3-9H2,1-2H3;2*1H/t11-;;/m0../s1. The van der Waals surface area contributed by atoms with Crippen LogP contribution in [0, 0.1) is 5.92 Å². The van der Waals surface area contributed by atoms with E-state index in [1.165, 1.54) is 0 Å². The van der Waals surface area contributed by atoms with Gasteiger partial charge in [-0.3, -0.25) is 9.69 Å². The second kappa shape index (κ2) is 8.20. The second-order valence-electron chi connectivity index (χ2n) is 5.14. The van der Waals surface area contributed by atoms with Gasteiger partial charge < -0.3 is 10.2 Å². The number of carbonyl (C=O) groups is 1. The Morgan fingerprint density at radius 3 is 2.22 bits per heavy atom. The summed E-state index contributed by atoms with van der Waals surface area (Å²) in [5, 5.41) is 3.26. The van der Waals surface area contributed by atoms with Crippen LogP contribution in [0.3, 0.4) is 0 Å². The first-order chi connectivity index (χ1) is 7.68. The SMILES string of the molecule is CC(C)N1CCN(C(=O)[C@H]2CCNC2)CC1.Cl.Cl. The molecular formula is C12H25Cl2N3O. The third-order valence-electron chi connectivity index (χ3n) is 3.77. The number of hydrogen-bond donors (Lipinski definition) is 1. The Balaban J connectivity index is 0.00000144. The smallest absolute Gasteiger partial charge is 0.227 e. The Hall–Kier alpha value is -0.0300. The van der Waals surface area contributed by atoms with Gasteiger partial charge in [-0.2, -0.15) is 0 Å². The fourth-order valence-electron chi connectivity index (χ4n) is 2.58. The minimum absolute atomic E-state index is 0. The van der Waals surface area contributed by atoms with Crippen molar-refractivity contribution >= 4 is 30.7 Å². The van der Waals surface area contributed by atoms with Crippen LogP contribution < -0.4 is 5.32 Å². The summed E-state index contributed by atoms with van der Waals surface area (Å²) in [6, 6.07) is 0.602. The molecule has 0 saturated carbocycles. The van der Waals surface area contributed by atoms with Crippen molar-refractivity contribution in [2.75, 3.05) is 39.3 Å². The molecule has 0 bridgehead atoms. The highest BCUT2D eigenvalue weighted by atomic mass is 35.5. The van der Waals surface area contributed by atoms with Crippen LogP contribution in [0.15, 0.2) is 0 Å². The number of hydrogen-bond acceptors (Lipinski definition) is 3. The Bertz CT molecular complexity index is 250. The Morgan fingerprint density at radius 2 is 1.78 bits per heavy atom. The molecule has 2 aliphatic heterocycles. The molecule has 1 N–H and O–H groups in total. The number of nitrogens with zero attached hydrogens (tertiary/aromatic N) is 2. The predicted molar refractivity (Wildman–Crippen MR) is 78.8 cm³/mol. The number of rotatable bonds is 2. The van der Waals surface area contributed by atoms with Crippen LogP contribution in [0.25, 0.3) is 0 Å². The van der Waals surface area contributed by atoms with Crippen LogP contribution in [0.5, 0.6) is 0 Å². The van der Waals surface area contributed by atoms with Crippen molar-refractivity contribution in [3.05, 3.63) is 0 Å². The predicted octanol–water partition coefficient (Wildman–Crippen LogP) is 0.992. The summed E-state index contributed by atoms with van der Waals surface area (Å²) in [7, 11) is 0. The minimum Gasteiger partial charge on any atom is -0.340 e. The molecular weight excluding hydrogens is 273 g/mol. The fourth-order valence-corrected chi connectivity index (χ4v) is 2.58. The molecule has 0 aliphatic carbocycles. The van der Waals surface area contributed by atoms with Gasteiger partial charge in [-0.05, 0) is 26.8 Å². The third-order valence-corrected chi connectivity index (χ3v) is 3.77. The lowest BCUT2D eigenvalue weighted by Gasteiger charge is -2.37. The Labute approximate surface area is 122 Å². The summed E-state index contributed by atoms with van der Waals surface area (Å²) < 4.78 is 0. The maximum atomic E-state index is 12.1. The first-order valence-corrected chi connectivity index (χ1v) is 6.42. The summed E-state index contributed by atoms with van der Waals surface area (Å²) in [5.74, 6) is 0.610. The van der Waals surface area contributed by atoms with Crippen LogP contribution in [0.4, 0.5) is 0 Å². The van der Waals surface area contributed by atoms with Gasteiger partial charge in [-0.25, -0.2) is 0 Å². The van der Waals surface area contributed by atoms with Crippen LogP contribution in [0.2, 0.25) is 0 Å². The summed E-state index contributed by atoms with van der Waals surface area (Å²) in [4.78, 5) is 16.6. The number of amides is 1. The zero-order chi connectivity index (χ0) is 11.5. The van der Waals surface area contributed by atoms with E-state index in [9.17, 15) is 4.79 Å². The van der Waals surface area contributed by atoms with Crippen LogP contribution >= 0.6 is 24.8 Å². The van der Waals surface area contributed by atoms with Gasteiger partial charge in [0, 0.05) is 38.8 Å². The van der Waals surface area contributed by atoms with E-state index in [1.54, 1.807) is 0 Å². The van der Waals surface area contributed by atoms with E-state index < -0.39 is 0 Å². The first-order valence-electron chi connectivity index (χ1n) is 6.42. The molecule has 2 rings (SSSR count). The van der Waals surface area contributed by atoms with E-state index in [4.69, 9.17) is 0 Å². The molecule has 1 amide bonds. The lowest BCUT2D eigenvalue weighted by atomic mass is 10.1. The molecule has 2 aliphatic rings. The topological polar surface area (TPSA) is 35.6 Å². The highest BCUT2D eigenvalue weighted by Crippen LogP contribution is 2.14. The fraction of sp³-hybridized carbons (Fsp3) is 0.917. The average molecular weight is 298 g/mol. The van der Waals surface area contributed by atoms with Gasteiger partial charge in [0.05, 0.1) is 5.92 Å². The molecule has 6 heteroatoms. The lowest BCUT2D eigenvalue weighted by molar-refractivity contribution is -0.136. The van der Waals surface area contributed by atoms with Crippen molar-refractivity contribution < 1.29 is 4.79 Å². The van der Waals surface area contributed by atoms with E-state index in [-0.39, 0.29) is 30.7 Å². The van der Waals surface area contributed by atoms with Crippen LogP contribution in [-0.4, -0.2) is 61.0 Å². The second-order valence-corrected chi connectivity index (χ2v) is 5.14. The van der Waals surface area contributed by atoms with E-state index in [0.29, 0.717) is 11.9 Å². The van der Waals surface area contributed by atoms with Gasteiger partial charge in [0.25, 0.3) is 0 Å². The van der Waals surface area contributed by atoms with Crippen molar-refractivity contribution in [3.8, 4) is 0 Å². The van der Waals surface area contributed by atoms with E-state index in [1.807, 2.05) is 0 Å². The molecule has 0 aromatic rings. The van der Waals surface area contributed by atoms with Crippen LogP contribution in [0.1, 0.15) is 20.3 Å². The van der Waals surface area contributed by atoms with Crippen molar-refractivity contribution in [2.45, 2.75) is 26.3 Å². The molecule has 2 saturated heterocycles. The van der Waals surface area contributed by atoms with E-state index in [0.717, 1.165) is 45.7 Å². The van der Waals surface area contributed by atoms with Crippen molar-refractivity contribution in [3.63, 3.8) is 0 Å². The molecule has 4 nitrogen and oxygen atoms in total. The molecule has 0 unspecified atom stereocenters. The van der Waals surface area contributed by atoms with Gasteiger partial charge in [0.1, 0.15) is 0 Å². The minimum atomic E-state index is 0. The normalized spacial score (nSPS) is 24.6. The quantitative estimate of drug-likeness (QED) is 0.826. The molecule has 108 valence electrons. The molecule has 1 atom stereocenters. The van der Waals surface area contributed by atoms with Gasteiger partial charge in [-0.1, -0.05) is 0 Å². The molecule has 2 fully saturated rings. The Morgan fingerprint density at radius 1 is 1.17 bits per heavy atom. The molecule has 2 heterocycles. The number of piperazine rings is 1. The maximum Gasteiger partial charge on any atom is 0.227 e. The van der Waals surface area contributed by atoms with Gasteiger partial charge in [0.15, 0.2) is 0 Å². The summed E-state index contributed by atoms with van der Waals surface area (Å²) in [6.07, 6.45) is 1.02. The van der Waals surface area contributed by atoms with Crippen molar-refractivity contribution in [1.29, 1.82) is 0 Å². The molecule has 0 aromatic heterocycles. The van der Waals surface area contributed by atoms with E-state index >= 15 is 0 Å². The third kappa shape index (κ3) is 4.26. The van der Waals surface area contributed by atoms with E-state index in [2.05, 4.69) is 29.0 Å². The summed E-state index contributed by atoms with van der Waals surface area (Å²) in [5.41, 5.74) is 0. The highest BCUT2D eigenvalue weighted by Gasteiger charge is 2.29. The zero-order valence-corrected chi connectivity index (χ0v) is 12.9. The Kier molecular flexibility index (Phi) is 8.19. The lowest BCUT2D eigenvalue weighted by Crippen LogP contribution is -2.52. The maximum absolute atomic E-state index is 12.1. The molecule has 0 radical (unpaired) electrons. The zero-order valence-electron chi connectivity index (χ0n) is 11.2. The van der Waals surface area contributed by atoms with Crippen molar-refractivity contribution in [1.82, 2.24) is 15.1 Å². The monoisotopic (exact) mass is 297 g/mol. The first kappa shape index (κ1) is 18.0. The highest BCUT2D eigenvalue weighted by molar-refractivity contribution is 5.85. The number of halogens is 2. The molecule has 0 aromatic carbocycles. The largest absolute Gasteiger partial charge is 0.340 e. The number of nitrogens with one attached hydrogen (secondary N) is 1. The molecule has 18 heavy (non-hydrogen) atoms. The molecule has 0 spiro atoms. The van der Waals surface area contributed by atoms with Crippen LogP contribution in [-0.2, 0) is 4.79 Å².